The van der Waals surface area contributed by atoms with E-state index in [1.807, 2.05) is 11.0 Å². The van der Waals surface area contributed by atoms with E-state index in [-0.39, 0.29) is 10.7 Å². The molecule has 5 heteroatoms. The maximum absolute atomic E-state index is 12.7. The lowest BCUT2D eigenvalue weighted by molar-refractivity contribution is 0.0981. The molecule has 0 radical (unpaired) electrons. The van der Waals surface area contributed by atoms with E-state index in [4.69, 9.17) is 0 Å². The maximum atomic E-state index is 12.7. The number of benzene rings is 2. The number of anilines is 2. The third-order valence-corrected chi connectivity index (χ3v) is 5.70. The predicted octanol–water partition coefficient (Wildman–Crippen LogP) is 2.56. The summed E-state index contributed by atoms with van der Waals surface area (Å²) in [7, 11) is -3.55. The first-order valence-corrected chi connectivity index (χ1v) is 7.87. The van der Waals surface area contributed by atoms with Crippen molar-refractivity contribution in [3.05, 3.63) is 48.0 Å². The summed E-state index contributed by atoms with van der Waals surface area (Å²) in [6.07, 6.45) is 0.408. The molecule has 0 saturated carbocycles. The van der Waals surface area contributed by atoms with Crippen LogP contribution < -0.4 is 4.90 Å². The number of nitrogens with zero attached hydrogens (tertiary/aromatic N) is 1. The molecule has 0 aromatic heterocycles. The molecule has 100 valence electrons. The van der Waals surface area contributed by atoms with E-state index in [1.165, 1.54) is 0 Å². The molecule has 2 aliphatic heterocycles. The molecule has 2 aromatic rings. The second-order valence-electron chi connectivity index (χ2n) is 4.95. The van der Waals surface area contributed by atoms with Crippen molar-refractivity contribution in [1.82, 2.24) is 0 Å². The molecule has 0 unspecified atom stereocenters. The number of Topliss-reactive ketones (excluding diaryl/α,β-unsaturated/α-hetero) is 1. The Bertz CT molecular complexity index is 855. The molecule has 0 amide bonds. The van der Waals surface area contributed by atoms with Crippen LogP contribution in [0, 0.1) is 0 Å². The molecule has 4 rings (SSSR count). The van der Waals surface area contributed by atoms with Crippen LogP contribution in [0.25, 0.3) is 0 Å². The molecule has 0 N–H and O–H groups in total. The van der Waals surface area contributed by atoms with Gasteiger partial charge < -0.3 is 4.90 Å². The first kappa shape index (κ1) is 11.7. The van der Waals surface area contributed by atoms with Gasteiger partial charge in [0, 0.05) is 18.5 Å². The first-order chi connectivity index (χ1) is 9.60. The Kier molecular flexibility index (Phi) is 2.16. The molecule has 2 aromatic carbocycles. The summed E-state index contributed by atoms with van der Waals surface area (Å²) in [6, 6.07) is 11.9. The standard InChI is InChI=1S/C15H11NO3S/c17-12-8-9-16-11-5-1-2-6-13(11)20(18,19)14-7-3-4-10(12)15(14)16/h1-7H,8-9H2. The third kappa shape index (κ3) is 1.30. The smallest absolute Gasteiger partial charge is 0.210 e. The minimum Gasteiger partial charge on any atom is -0.338 e. The zero-order valence-electron chi connectivity index (χ0n) is 10.5. The lowest BCUT2D eigenvalue weighted by Crippen LogP contribution is -2.33. The zero-order chi connectivity index (χ0) is 13.9. The van der Waals surface area contributed by atoms with Gasteiger partial charge in [0.2, 0.25) is 9.84 Å². The Morgan fingerprint density at radius 2 is 1.70 bits per heavy atom. The van der Waals surface area contributed by atoms with Gasteiger partial charge in [-0.2, -0.15) is 0 Å². The highest BCUT2D eigenvalue weighted by molar-refractivity contribution is 7.92. The van der Waals surface area contributed by atoms with Crippen molar-refractivity contribution in [3.63, 3.8) is 0 Å². The Balaban J connectivity index is 2.16. The van der Waals surface area contributed by atoms with E-state index >= 15 is 0 Å². The van der Waals surface area contributed by atoms with Crippen molar-refractivity contribution in [2.75, 3.05) is 11.4 Å². The Labute approximate surface area is 116 Å². The highest BCUT2D eigenvalue weighted by atomic mass is 32.2. The van der Waals surface area contributed by atoms with E-state index in [1.54, 1.807) is 36.4 Å². The van der Waals surface area contributed by atoms with Gasteiger partial charge in [-0.25, -0.2) is 8.42 Å². The number of hydrogen-bond acceptors (Lipinski definition) is 4. The number of ketones is 1. The van der Waals surface area contributed by atoms with Crippen molar-refractivity contribution in [2.24, 2.45) is 0 Å². The highest BCUT2D eigenvalue weighted by Gasteiger charge is 2.38. The number of para-hydroxylation sites is 2. The fourth-order valence-electron chi connectivity index (χ4n) is 2.97. The van der Waals surface area contributed by atoms with Crippen molar-refractivity contribution in [2.45, 2.75) is 16.2 Å². The first-order valence-electron chi connectivity index (χ1n) is 6.38. The number of fused-ring (bicyclic) bond motifs is 2. The summed E-state index contributed by atoms with van der Waals surface area (Å²) in [5.41, 5.74) is 1.72. The maximum Gasteiger partial charge on any atom is 0.210 e. The van der Waals surface area contributed by atoms with Crippen LogP contribution in [0.5, 0.6) is 0 Å². The number of sulfone groups is 1. The van der Waals surface area contributed by atoms with Crippen LogP contribution >= 0.6 is 0 Å². The Morgan fingerprint density at radius 3 is 2.55 bits per heavy atom. The molecule has 0 spiro atoms. The molecule has 0 bridgehead atoms. The summed E-state index contributed by atoms with van der Waals surface area (Å²) < 4.78 is 25.4. The molecule has 0 fully saturated rings. The van der Waals surface area contributed by atoms with Crippen LogP contribution in [0.2, 0.25) is 0 Å². The van der Waals surface area contributed by atoms with E-state index in [9.17, 15) is 13.2 Å². The average Bonchev–Trinajstić information content (AvgIpc) is 2.46. The summed E-state index contributed by atoms with van der Waals surface area (Å²) in [5, 5.41) is 0. The van der Waals surface area contributed by atoms with Crippen LogP contribution in [0.4, 0.5) is 11.4 Å². The van der Waals surface area contributed by atoms with Crippen molar-refractivity contribution < 1.29 is 13.2 Å². The quantitative estimate of drug-likeness (QED) is 0.746. The monoisotopic (exact) mass is 285 g/mol. The molecule has 20 heavy (non-hydrogen) atoms. The van der Waals surface area contributed by atoms with Gasteiger partial charge in [-0.15, -0.1) is 0 Å². The van der Waals surface area contributed by atoms with Gasteiger partial charge in [-0.05, 0) is 24.3 Å². The minimum atomic E-state index is -3.55. The van der Waals surface area contributed by atoms with Crippen molar-refractivity contribution >= 4 is 27.0 Å². The molecular formula is C15H11NO3S. The van der Waals surface area contributed by atoms with Gasteiger partial charge in [-0.3, -0.25) is 4.79 Å². The van der Waals surface area contributed by atoms with Crippen LogP contribution in [0.3, 0.4) is 0 Å². The lowest BCUT2D eigenvalue weighted by atomic mass is 9.99. The number of hydrogen-bond donors (Lipinski definition) is 0. The Hall–Kier alpha value is -2.14. The van der Waals surface area contributed by atoms with Crippen LogP contribution in [0.15, 0.2) is 52.3 Å². The lowest BCUT2D eigenvalue weighted by Gasteiger charge is -2.36. The molecule has 4 nitrogen and oxygen atoms in total. The average molecular weight is 285 g/mol. The topological polar surface area (TPSA) is 54.5 Å². The van der Waals surface area contributed by atoms with Crippen LogP contribution in [-0.2, 0) is 9.84 Å². The molecular weight excluding hydrogens is 274 g/mol. The molecule has 0 aliphatic carbocycles. The van der Waals surface area contributed by atoms with Crippen molar-refractivity contribution in [3.8, 4) is 0 Å². The number of carbonyl (C=O) groups excluding carboxylic acids is 1. The zero-order valence-corrected chi connectivity index (χ0v) is 11.4. The number of carbonyl (C=O) groups is 1. The third-order valence-electron chi connectivity index (χ3n) is 3.87. The highest BCUT2D eigenvalue weighted by Crippen LogP contribution is 2.47. The van der Waals surface area contributed by atoms with Gasteiger partial charge in [0.05, 0.1) is 21.2 Å². The van der Waals surface area contributed by atoms with Gasteiger partial charge in [0.25, 0.3) is 0 Å². The van der Waals surface area contributed by atoms with Gasteiger partial charge in [0.15, 0.2) is 5.78 Å². The van der Waals surface area contributed by atoms with Gasteiger partial charge >= 0.3 is 0 Å². The molecule has 0 saturated heterocycles. The van der Waals surface area contributed by atoms with E-state index < -0.39 is 9.84 Å². The van der Waals surface area contributed by atoms with E-state index in [0.717, 1.165) is 0 Å². The summed E-state index contributed by atoms with van der Waals surface area (Å²) in [4.78, 5) is 14.5. The number of rotatable bonds is 0. The summed E-state index contributed by atoms with van der Waals surface area (Å²) in [6.45, 7) is 0.523. The predicted molar refractivity (Wildman–Crippen MR) is 74.3 cm³/mol. The normalized spacial score (nSPS) is 18.4. The molecule has 2 aliphatic rings. The van der Waals surface area contributed by atoms with Crippen LogP contribution in [-0.4, -0.2) is 20.7 Å². The van der Waals surface area contributed by atoms with E-state index in [2.05, 4.69) is 0 Å². The van der Waals surface area contributed by atoms with Gasteiger partial charge in [-0.1, -0.05) is 18.2 Å². The fraction of sp³-hybridized carbons (Fsp3) is 0.133. The molecule has 0 atom stereocenters. The second kappa shape index (κ2) is 3.70. The summed E-state index contributed by atoms with van der Waals surface area (Å²) >= 11 is 0. The molecule has 2 heterocycles. The SMILES string of the molecule is O=C1CCN2c3ccccc3S(=O)(=O)c3cccc1c32. The summed E-state index contributed by atoms with van der Waals surface area (Å²) in [5.74, 6) is 0.00711. The van der Waals surface area contributed by atoms with Crippen molar-refractivity contribution in [1.29, 1.82) is 0 Å². The largest absolute Gasteiger partial charge is 0.338 e. The second-order valence-corrected chi connectivity index (χ2v) is 6.83. The minimum absolute atomic E-state index is 0.00711. The van der Waals surface area contributed by atoms with Crippen LogP contribution in [0.1, 0.15) is 16.8 Å². The Morgan fingerprint density at radius 1 is 0.950 bits per heavy atom. The van der Waals surface area contributed by atoms with E-state index in [0.29, 0.717) is 34.8 Å². The van der Waals surface area contributed by atoms with Gasteiger partial charge in [0.1, 0.15) is 0 Å². The fourth-order valence-corrected chi connectivity index (χ4v) is 4.65.